The Hall–Kier alpha value is -2.91. The molecule has 8 nitrogen and oxygen atoms in total. The fourth-order valence-corrected chi connectivity index (χ4v) is 1.52. The highest BCUT2D eigenvalue weighted by Crippen LogP contribution is 2.33. The summed E-state index contributed by atoms with van der Waals surface area (Å²) in [6.45, 7) is 0. The minimum atomic E-state index is -1.25. The van der Waals surface area contributed by atoms with Crippen LogP contribution in [0.4, 0.5) is 14.5 Å². The first-order valence-corrected chi connectivity index (χ1v) is 4.76. The van der Waals surface area contributed by atoms with Crippen LogP contribution in [0.15, 0.2) is 12.1 Å². The van der Waals surface area contributed by atoms with Gasteiger partial charge in [-0.3, -0.25) is 14.9 Å². The van der Waals surface area contributed by atoms with Crippen LogP contribution in [-0.4, -0.2) is 26.2 Å². The quantitative estimate of drug-likeness (QED) is 0.627. The van der Waals surface area contributed by atoms with E-state index in [0.717, 1.165) is 0 Å². The molecular weight excluding hydrogens is 264 g/mol. The van der Waals surface area contributed by atoms with E-state index in [1.165, 1.54) is 0 Å². The third kappa shape index (κ3) is 2.10. The Morgan fingerprint density at radius 1 is 1.37 bits per heavy atom. The zero-order chi connectivity index (χ0) is 14.2. The van der Waals surface area contributed by atoms with Gasteiger partial charge in [0.15, 0.2) is 5.69 Å². The normalized spacial score (nSPS) is 10.4. The van der Waals surface area contributed by atoms with Crippen molar-refractivity contribution in [2.75, 3.05) is 0 Å². The van der Waals surface area contributed by atoms with Crippen molar-refractivity contribution in [3.63, 3.8) is 0 Å². The number of primary amides is 1. The summed E-state index contributed by atoms with van der Waals surface area (Å²) in [6, 6.07) is 0.944. The lowest BCUT2D eigenvalue weighted by atomic mass is 10.1. The van der Waals surface area contributed by atoms with Gasteiger partial charge in [0.05, 0.1) is 11.0 Å². The second-order valence-electron chi connectivity index (χ2n) is 3.42. The van der Waals surface area contributed by atoms with E-state index in [0.29, 0.717) is 12.1 Å². The van der Waals surface area contributed by atoms with Crippen LogP contribution in [0.3, 0.4) is 0 Å². The molecule has 0 radical (unpaired) electrons. The Morgan fingerprint density at radius 2 is 2.05 bits per heavy atom. The largest absolute Gasteiger partial charge is 0.364 e. The number of hydrogen-bond donors (Lipinski definition) is 2. The van der Waals surface area contributed by atoms with Crippen molar-refractivity contribution in [2.45, 2.75) is 0 Å². The molecule has 98 valence electrons. The van der Waals surface area contributed by atoms with Crippen molar-refractivity contribution >= 4 is 11.6 Å². The van der Waals surface area contributed by atoms with Crippen molar-refractivity contribution in [3.8, 4) is 11.3 Å². The summed E-state index contributed by atoms with van der Waals surface area (Å²) in [5.74, 6) is -3.43. The molecule has 1 aromatic heterocycles. The zero-order valence-electron chi connectivity index (χ0n) is 9.05. The number of hydrogen-bond acceptors (Lipinski definition) is 5. The van der Waals surface area contributed by atoms with Crippen LogP contribution in [-0.2, 0) is 0 Å². The van der Waals surface area contributed by atoms with Crippen molar-refractivity contribution < 1.29 is 18.5 Å². The van der Waals surface area contributed by atoms with E-state index in [4.69, 9.17) is 5.73 Å². The van der Waals surface area contributed by atoms with Crippen molar-refractivity contribution in [3.05, 3.63) is 39.6 Å². The summed E-state index contributed by atoms with van der Waals surface area (Å²) in [4.78, 5) is 20.9. The highest BCUT2D eigenvalue weighted by atomic mass is 19.1. The monoisotopic (exact) mass is 269 g/mol. The molecule has 0 atom stereocenters. The minimum Gasteiger partial charge on any atom is -0.364 e. The SMILES string of the molecule is NC(=O)c1n[nH]nc1-c1c(F)cc(F)cc1[N+](=O)[O-]. The molecule has 0 aliphatic rings. The van der Waals surface area contributed by atoms with Gasteiger partial charge in [-0.1, -0.05) is 0 Å². The highest BCUT2D eigenvalue weighted by Gasteiger charge is 2.28. The Morgan fingerprint density at radius 3 is 2.63 bits per heavy atom. The molecule has 1 heterocycles. The van der Waals surface area contributed by atoms with Gasteiger partial charge < -0.3 is 5.73 Å². The molecule has 0 saturated carbocycles. The van der Waals surface area contributed by atoms with Gasteiger partial charge in [-0.2, -0.15) is 15.4 Å². The highest BCUT2D eigenvalue weighted by molar-refractivity contribution is 5.97. The van der Waals surface area contributed by atoms with E-state index in [1.54, 1.807) is 0 Å². The Balaban J connectivity index is 2.78. The lowest BCUT2D eigenvalue weighted by Gasteiger charge is -2.02. The maximum Gasteiger partial charge on any atom is 0.284 e. The van der Waals surface area contributed by atoms with Crippen LogP contribution in [0.2, 0.25) is 0 Å². The summed E-state index contributed by atoms with van der Waals surface area (Å²) in [6.07, 6.45) is 0. The van der Waals surface area contributed by atoms with Gasteiger partial charge in [-0.05, 0) is 0 Å². The molecule has 0 saturated heterocycles. The first-order valence-electron chi connectivity index (χ1n) is 4.76. The molecule has 0 aliphatic carbocycles. The summed E-state index contributed by atoms with van der Waals surface area (Å²) in [5, 5.41) is 19.6. The van der Waals surface area contributed by atoms with Gasteiger partial charge in [0.1, 0.15) is 22.9 Å². The van der Waals surface area contributed by atoms with Gasteiger partial charge in [0.25, 0.3) is 11.6 Å². The van der Waals surface area contributed by atoms with Gasteiger partial charge in [-0.15, -0.1) is 0 Å². The number of carbonyl (C=O) groups excluding carboxylic acids is 1. The third-order valence-corrected chi connectivity index (χ3v) is 2.25. The standard InChI is InChI=1S/C9H5F2N5O3/c10-3-1-4(11)6(5(2-3)16(18)19)7-8(9(12)17)14-15-13-7/h1-2H,(H2,12,17)(H,13,14,15). The fraction of sp³-hybridized carbons (Fsp3) is 0. The van der Waals surface area contributed by atoms with Crippen LogP contribution in [0.5, 0.6) is 0 Å². The number of aromatic amines is 1. The van der Waals surface area contributed by atoms with Crippen LogP contribution >= 0.6 is 0 Å². The molecule has 10 heteroatoms. The van der Waals surface area contributed by atoms with E-state index in [9.17, 15) is 23.7 Å². The molecule has 19 heavy (non-hydrogen) atoms. The van der Waals surface area contributed by atoms with Crippen molar-refractivity contribution in [1.82, 2.24) is 15.4 Å². The van der Waals surface area contributed by atoms with E-state index in [2.05, 4.69) is 10.2 Å². The first-order chi connectivity index (χ1) is 8.91. The number of H-pyrrole nitrogens is 1. The summed E-state index contributed by atoms with van der Waals surface area (Å²) >= 11 is 0. The molecule has 2 rings (SSSR count). The van der Waals surface area contributed by atoms with E-state index in [1.807, 2.05) is 5.21 Å². The van der Waals surface area contributed by atoms with E-state index >= 15 is 0 Å². The maximum atomic E-state index is 13.7. The molecular formula is C9H5F2N5O3. The van der Waals surface area contributed by atoms with Crippen LogP contribution in [0.25, 0.3) is 11.3 Å². The number of amides is 1. The zero-order valence-corrected chi connectivity index (χ0v) is 9.05. The average Bonchev–Trinajstić information content (AvgIpc) is 2.76. The number of rotatable bonds is 3. The fourth-order valence-electron chi connectivity index (χ4n) is 1.52. The molecule has 0 bridgehead atoms. The van der Waals surface area contributed by atoms with Crippen molar-refractivity contribution in [2.24, 2.45) is 5.73 Å². The van der Waals surface area contributed by atoms with Crippen molar-refractivity contribution in [1.29, 1.82) is 0 Å². The lowest BCUT2D eigenvalue weighted by molar-refractivity contribution is -0.384. The molecule has 0 spiro atoms. The number of nitrogens with zero attached hydrogens (tertiary/aromatic N) is 3. The van der Waals surface area contributed by atoms with E-state index < -0.39 is 45.1 Å². The Kier molecular flexibility index (Phi) is 2.91. The minimum absolute atomic E-state index is 0.432. The second-order valence-corrected chi connectivity index (χ2v) is 3.42. The van der Waals surface area contributed by atoms with Crippen LogP contribution in [0.1, 0.15) is 10.5 Å². The van der Waals surface area contributed by atoms with Gasteiger partial charge in [-0.25, -0.2) is 8.78 Å². The molecule has 2 aromatic rings. The number of nitrogens with one attached hydrogen (secondary N) is 1. The summed E-state index contributed by atoms with van der Waals surface area (Å²) in [7, 11) is 0. The summed E-state index contributed by atoms with van der Waals surface area (Å²) < 4.78 is 26.7. The molecule has 0 unspecified atom stereocenters. The smallest absolute Gasteiger partial charge is 0.284 e. The Labute approximate surface area is 103 Å². The Bertz CT molecular complexity index is 684. The predicted octanol–water partition coefficient (Wildman–Crippen LogP) is 0.757. The predicted molar refractivity (Wildman–Crippen MR) is 56.9 cm³/mol. The number of aromatic nitrogens is 3. The third-order valence-electron chi connectivity index (χ3n) is 2.25. The number of nitro benzene ring substituents is 1. The topological polar surface area (TPSA) is 128 Å². The molecule has 3 N–H and O–H groups in total. The number of halogens is 2. The molecule has 0 fully saturated rings. The van der Waals surface area contributed by atoms with Gasteiger partial charge in [0, 0.05) is 6.07 Å². The van der Waals surface area contributed by atoms with Gasteiger partial charge in [0.2, 0.25) is 0 Å². The molecule has 1 amide bonds. The lowest BCUT2D eigenvalue weighted by Crippen LogP contribution is -2.13. The number of benzene rings is 1. The molecule has 0 aliphatic heterocycles. The number of carbonyl (C=O) groups is 1. The van der Waals surface area contributed by atoms with Crippen LogP contribution in [0, 0.1) is 21.7 Å². The number of nitro groups is 1. The number of nitrogens with two attached hydrogens (primary N) is 1. The van der Waals surface area contributed by atoms with Gasteiger partial charge >= 0.3 is 0 Å². The molecule has 1 aromatic carbocycles. The first kappa shape index (κ1) is 12.5. The van der Waals surface area contributed by atoms with Crippen LogP contribution < -0.4 is 5.73 Å². The second kappa shape index (κ2) is 4.40. The average molecular weight is 269 g/mol. The van der Waals surface area contributed by atoms with E-state index in [-0.39, 0.29) is 0 Å². The maximum absolute atomic E-state index is 13.7. The summed E-state index contributed by atoms with van der Waals surface area (Å²) in [5.41, 5.74) is 2.51.